The molecule has 5 heteroatoms. The lowest BCUT2D eigenvalue weighted by atomic mass is 10.1. The first-order valence-electron chi connectivity index (χ1n) is 5.73. The summed E-state index contributed by atoms with van der Waals surface area (Å²) in [5, 5.41) is 13.5. The number of thiazole rings is 1. The van der Waals surface area contributed by atoms with Gasteiger partial charge in [-0.3, -0.25) is 9.78 Å². The predicted molar refractivity (Wildman–Crippen MR) is 74.2 cm³/mol. The molecular weight excluding hydrogens is 260 g/mol. The van der Waals surface area contributed by atoms with Gasteiger partial charge in [0.25, 0.3) is 0 Å². The summed E-state index contributed by atoms with van der Waals surface area (Å²) >= 11 is 1.45. The quantitative estimate of drug-likeness (QED) is 0.794. The van der Waals surface area contributed by atoms with Crippen LogP contribution in [0.4, 0.5) is 0 Å². The van der Waals surface area contributed by atoms with E-state index in [1.165, 1.54) is 11.3 Å². The number of aromatic nitrogens is 2. The van der Waals surface area contributed by atoms with Crippen molar-refractivity contribution in [2.24, 2.45) is 0 Å². The summed E-state index contributed by atoms with van der Waals surface area (Å²) in [4.78, 5) is 19.3. The molecule has 0 saturated carbocycles. The van der Waals surface area contributed by atoms with Crippen LogP contribution in [0, 0.1) is 0 Å². The van der Waals surface area contributed by atoms with Crippen molar-refractivity contribution in [2.75, 3.05) is 0 Å². The maximum Gasteiger partial charge on any atom is 0.309 e. The molecule has 0 aliphatic heterocycles. The molecular formula is C14H10N2O2S. The van der Waals surface area contributed by atoms with Crippen molar-refractivity contribution >= 4 is 28.1 Å². The van der Waals surface area contributed by atoms with Crippen molar-refractivity contribution in [3.63, 3.8) is 0 Å². The minimum atomic E-state index is -0.868. The number of hydrogen-bond donors (Lipinski definition) is 1. The number of nitrogens with zero attached hydrogens (tertiary/aromatic N) is 2. The fourth-order valence-electron chi connectivity index (χ4n) is 1.95. The zero-order chi connectivity index (χ0) is 13.2. The highest BCUT2D eigenvalue weighted by molar-refractivity contribution is 7.13. The maximum absolute atomic E-state index is 10.7. The number of carboxylic acid groups (broad SMARTS) is 1. The number of hydrogen-bond acceptors (Lipinski definition) is 4. The Morgan fingerprint density at radius 1 is 1.26 bits per heavy atom. The van der Waals surface area contributed by atoms with Gasteiger partial charge in [0, 0.05) is 28.7 Å². The fourth-order valence-corrected chi connectivity index (χ4v) is 2.80. The minimum absolute atomic E-state index is 0.0469. The topological polar surface area (TPSA) is 63.1 Å². The first-order chi connectivity index (χ1) is 9.24. The van der Waals surface area contributed by atoms with E-state index < -0.39 is 5.97 Å². The number of carboxylic acids is 1. The zero-order valence-electron chi connectivity index (χ0n) is 9.91. The zero-order valence-corrected chi connectivity index (χ0v) is 10.7. The normalized spacial score (nSPS) is 10.7. The van der Waals surface area contributed by atoms with E-state index >= 15 is 0 Å². The van der Waals surface area contributed by atoms with Crippen LogP contribution in [-0.4, -0.2) is 21.0 Å². The highest BCUT2D eigenvalue weighted by atomic mass is 32.1. The summed E-state index contributed by atoms with van der Waals surface area (Å²) in [6, 6.07) is 7.95. The van der Waals surface area contributed by atoms with Gasteiger partial charge >= 0.3 is 5.97 Å². The van der Waals surface area contributed by atoms with Crippen LogP contribution in [0.3, 0.4) is 0 Å². The van der Waals surface area contributed by atoms with Crippen LogP contribution in [-0.2, 0) is 11.2 Å². The van der Waals surface area contributed by atoms with Crippen LogP contribution in [0.2, 0.25) is 0 Å². The molecule has 0 fully saturated rings. The lowest BCUT2D eigenvalue weighted by molar-refractivity contribution is -0.136. The first kappa shape index (κ1) is 11.8. The number of rotatable bonds is 3. The van der Waals surface area contributed by atoms with Gasteiger partial charge in [-0.25, -0.2) is 4.98 Å². The molecule has 3 aromatic rings. The van der Waals surface area contributed by atoms with Crippen LogP contribution in [0.1, 0.15) is 5.69 Å². The Bertz CT molecular complexity index is 747. The van der Waals surface area contributed by atoms with Gasteiger partial charge in [-0.15, -0.1) is 11.3 Å². The van der Waals surface area contributed by atoms with Crippen LogP contribution >= 0.6 is 11.3 Å². The summed E-state index contributed by atoms with van der Waals surface area (Å²) < 4.78 is 0. The molecule has 3 rings (SSSR count). The number of fused-ring (bicyclic) bond motifs is 1. The Morgan fingerprint density at radius 2 is 2.11 bits per heavy atom. The molecule has 0 amide bonds. The predicted octanol–water partition coefficient (Wildman–Crippen LogP) is 2.99. The lowest BCUT2D eigenvalue weighted by Crippen LogP contribution is -1.99. The van der Waals surface area contributed by atoms with Crippen molar-refractivity contribution in [3.05, 3.63) is 47.7 Å². The molecule has 94 valence electrons. The van der Waals surface area contributed by atoms with Crippen LogP contribution in [0.25, 0.3) is 21.3 Å². The van der Waals surface area contributed by atoms with Gasteiger partial charge in [0.05, 0.1) is 12.1 Å². The van der Waals surface area contributed by atoms with E-state index in [0.29, 0.717) is 5.69 Å². The van der Waals surface area contributed by atoms with Gasteiger partial charge in [0.15, 0.2) is 0 Å². The molecule has 0 aliphatic carbocycles. The van der Waals surface area contributed by atoms with Gasteiger partial charge in [-0.2, -0.15) is 0 Å². The average Bonchev–Trinajstić information content (AvgIpc) is 2.85. The Labute approximate surface area is 113 Å². The van der Waals surface area contributed by atoms with E-state index in [-0.39, 0.29) is 6.42 Å². The lowest BCUT2D eigenvalue weighted by Gasteiger charge is -2.02. The molecule has 0 radical (unpaired) electrons. The maximum atomic E-state index is 10.7. The van der Waals surface area contributed by atoms with E-state index in [9.17, 15) is 4.79 Å². The SMILES string of the molecule is O=C(O)Cc1csc(-c2cncc3ccccc23)n1. The third-order valence-corrected chi connectivity index (χ3v) is 3.71. The molecule has 1 aromatic carbocycles. The van der Waals surface area contributed by atoms with Gasteiger partial charge < -0.3 is 5.11 Å². The van der Waals surface area contributed by atoms with Crippen molar-refractivity contribution in [1.29, 1.82) is 0 Å². The molecule has 2 aromatic heterocycles. The average molecular weight is 270 g/mol. The second-order valence-corrected chi connectivity index (χ2v) is 4.98. The summed E-state index contributed by atoms with van der Waals surface area (Å²) in [5.74, 6) is -0.868. The van der Waals surface area contributed by atoms with Crippen molar-refractivity contribution in [2.45, 2.75) is 6.42 Å². The molecule has 0 saturated heterocycles. The monoisotopic (exact) mass is 270 g/mol. The second-order valence-electron chi connectivity index (χ2n) is 4.12. The third kappa shape index (κ3) is 2.32. The Balaban J connectivity index is 2.09. The smallest absolute Gasteiger partial charge is 0.309 e. The first-order valence-corrected chi connectivity index (χ1v) is 6.61. The number of carbonyl (C=O) groups is 1. The second kappa shape index (κ2) is 4.78. The Morgan fingerprint density at radius 3 is 2.95 bits per heavy atom. The van der Waals surface area contributed by atoms with Crippen molar-refractivity contribution in [3.8, 4) is 10.6 Å². The molecule has 19 heavy (non-hydrogen) atoms. The van der Waals surface area contributed by atoms with Gasteiger partial charge in [-0.05, 0) is 5.39 Å². The molecule has 0 aliphatic rings. The van der Waals surface area contributed by atoms with Gasteiger partial charge in [0.2, 0.25) is 0 Å². The third-order valence-electron chi connectivity index (χ3n) is 2.78. The largest absolute Gasteiger partial charge is 0.481 e. The minimum Gasteiger partial charge on any atom is -0.481 e. The van der Waals surface area contributed by atoms with E-state index in [1.54, 1.807) is 11.6 Å². The highest BCUT2D eigenvalue weighted by Gasteiger charge is 2.10. The van der Waals surface area contributed by atoms with Crippen LogP contribution < -0.4 is 0 Å². The van der Waals surface area contributed by atoms with Crippen molar-refractivity contribution < 1.29 is 9.90 Å². The molecule has 1 N–H and O–H groups in total. The number of benzene rings is 1. The molecule has 2 heterocycles. The van der Waals surface area contributed by atoms with Gasteiger partial charge in [0.1, 0.15) is 5.01 Å². The summed E-state index contributed by atoms with van der Waals surface area (Å²) in [7, 11) is 0. The van der Waals surface area contributed by atoms with Crippen LogP contribution in [0.5, 0.6) is 0 Å². The molecule has 0 atom stereocenters. The number of aliphatic carboxylic acids is 1. The Kier molecular flexibility index (Phi) is 2.97. The summed E-state index contributed by atoms with van der Waals surface area (Å²) in [6.45, 7) is 0. The molecule has 0 spiro atoms. The Hall–Kier alpha value is -2.27. The van der Waals surface area contributed by atoms with E-state index in [2.05, 4.69) is 9.97 Å². The number of pyridine rings is 1. The van der Waals surface area contributed by atoms with E-state index in [1.807, 2.05) is 30.5 Å². The van der Waals surface area contributed by atoms with E-state index in [0.717, 1.165) is 21.3 Å². The van der Waals surface area contributed by atoms with Gasteiger partial charge in [-0.1, -0.05) is 24.3 Å². The van der Waals surface area contributed by atoms with Crippen LogP contribution in [0.15, 0.2) is 42.0 Å². The molecule has 0 unspecified atom stereocenters. The fraction of sp³-hybridized carbons (Fsp3) is 0.0714. The standard InChI is InChI=1S/C14H10N2O2S/c17-13(18)5-10-8-19-14(16-10)12-7-15-6-9-3-1-2-4-11(9)12/h1-4,6-8H,5H2,(H,17,18). The summed E-state index contributed by atoms with van der Waals surface area (Å²) in [6.07, 6.45) is 3.53. The summed E-state index contributed by atoms with van der Waals surface area (Å²) in [5.41, 5.74) is 1.53. The molecule has 0 bridgehead atoms. The highest BCUT2D eigenvalue weighted by Crippen LogP contribution is 2.29. The van der Waals surface area contributed by atoms with E-state index in [4.69, 9.17) is 5.11 Å². The molecule has 4 nitrogen and oxygen atoms in total. The van der Waals surface area contributed by atoms with Crippen molar-refractivity contribution in [1.82, 2.24) is 9.97 Å².